The van der Waals surface area contributed by atoms with Crippen molar-refractivity contribution in [1.29, 1.82) is 0 Å². The first-order chi connectivity index (χ1) is 7.28. The van der Waals surface area contributed by atoms with Gasteiger partial charge in [-0.25, -0.2) is 8.78 Å². The Morgan fingerprint density at radius 2 is 2.19 bits per heavy atom. The summed E-state index contributed by atoms with van der Waals surface area (Å²) in [5.41, 5.74) is 0. The molecule has 1 unspecified atom stereocenters. The average Bonchev–Trinajstić information content (AvgIpc) is 2.62. The van der Waals surface area contributed by atoms with Gasteiger partial charge in [-0.1, -0.05) is 0 Å². The monoisotopic (exact) mass is 259 g/mol. The zero-order chi connectivity index (χ0) is 12.4. The fraction of sp³-hybridized carbons (Fsp3) is 0.889. The fourth-order valence-corrected chi connectivity index (χ4v) is 2.70. The summed E-state index contributed by atoms with van der Waals surface area (Å²) in [5, 5.41) is 1.90. The highest BCUT2D eigenvalue weighted by molar-refractivity contribution is 8.00. The van der Waals surface area contributed by atoms with E-state index in [0.717, 1.165) is 18.6 Å². The van der Waals surface area contributed by atoms with Crippen LogP contribution in [0.2, 0.25) is 0 Å². The van der Waals surface area contributed by atoms with Crippen LogP contribution in [0.15, 0.2) is 0 Å². The van der Waals surface area contributed by atoms with E-state index in [1.165, 1.54) is 0 Å². The lowest BCUT2D eigenvalue weighted by Gasteiger charge is -2.24. The molecule has 94 valence electrons. The summed E-state index contributed by atoms with van der Waals surface area (Å²) < 4.78 is 48.5. The number of hydrogen-bond donors (Lipinski definition) is 1. The largest absolute Gasteiger partial charge is 0.383 e. The summed E-state index contributed by atoms with van der Waals surface area (Å²) in [7, 11) is 0. The quantitative estimate of drug-likeness (QED) is 0.785. The second-order valence-corrected chi connectivity index (χ2v) is 5.69. The minimum atomic E-state index is -4.60. The molecule has 7 heteroatoms. The molecular weight excluding hydrogens is 246 g/mol. The second kappa shape index (κ2) is 4.81. The maximum atomic E-state index is 12.6. The van der Waals surface area contributed by atoms with Crippen molar-refractivity contribution in [2.45, 2.75) is 36.9 Å². The predicted octanol–water partition coefficient (Wildman–Crippen LogP) is 2.29. The van der Waals surface area contributed by atoms with Gasteiger partial charge < -0.3 is 5.32 Å². The third kappa shape index (κ3) is 3.02. The molecule has 0 aromatic rings. The SMILES string of the molecule is CC1(CNC(=O)C(F)(F)C(F)F)CCCS1. The van der Waals surface area contributed by atoms with Gasteiger partial charge >= 0.3 is 12.3 Å². The Morgan fingerprint density at radius 1 is 1.56 bits per heavy atom. The van der Waals surface area contributed by atoms with Gasteiger partial charge in [0, 0.05) is 11.3 Å². The van der Waals surface area contributed by atoms with E-state index >= 15 is 0 Å². The first kappa shape index (κ1) is 13.6. The van der Waals surface area contributed by atoms with Crippen molar-refractivity contribution < 1.29 is 22.4 Å². The number of hydrogen-bond acceptors (Lipinski definition) is 2. The molecule has 1 fully saturated rings. The number of halogens is 4. The molecule has 1 aliphatic heterocycles. The molecule has 1 N–H and O–H groups in total. The van der Waals surface area contributed by atoms with Crippen molar-refractivity contribution in [1.82, 2.24) is 5.32 Å². The standard InChI is InChI=1S/C9H13F4NOS/c1-8(3-2-4-16-8)5-14-7(15)9(12,13)6(10)11/h6H,2-5H2,1H3,(H,14,15). The van der Waals surface area contributed by atoms with E-state index in [-0.39, 0.29) is 11.3 Å². The van der Waals surface area contributed by atoms with Crippen molar-refractivity contribution in [3.63, 3.8) is 0 Å². The van der Waals surface area contributed by atoms with Crippen LogP contribution in [-0.2, 0) is 4.79 Å². The van der Waals surface area contributed by atoms with Gasteiger partial charge in [-0.15, -0.1) is 0 Å². The molecule has 2 nitrogen and oxygen atoms in total. The number of rotatable bonds is 4. The van der Waals surface area contributed by atoms with Crippen LogP contribution in [0.5, 0.6) is 0 Å². The van der Waals surface area contributed by atoms with Gasteiger partial charge in [0.2, 0.25) is 0 Å². The van der Waals surface area contributed by atoms with E-state index in [9.17, 15) is 22.4 Å². The molecule has 0 spiro atoms. The maximum Gasteiger partial charge on any atom is 0.383 e. The van der Waals surface area contributed by atoms with Crippen LogP contribution in [0.4, 0.5) is 17.6 Å². The van der Waals surface area contributed by atoms with Crippen LogP contribution >= 0.6 is 11.8 Å². The summed E-state index contributed by atoms with van der Waals surface area (Å²) in [5.74, 6) is -5.59. The Labute approximate surface area is 95.1 Å². The molecule has 1 atom stereocenters. The Hall–Kier alpha value is -0.460. The lowest BCUT2D eigenvalue weighted by Crippen LogP contribution is -2.48. The number of thioether (sulfide) groups is 1. The summed E-state index contributed by atoms with van der Waals surface area (Å²) in [6.45, 7) is 1.82. The van der Waals surface area contributed by atoms with Gasteiger partial charge in [0.25, 0.3) is 5.91 Å². The topological polar surface area (TPSA) is 29.1 Å². The van der Waals surface area contributed by atoms with Crippen LogP contribution < -0.4 is 5.32 Å². The highest BCUT2D eigenvalue weighted by atomic mass is 32.2. The lowest BCUT2D eigenvalue weighted by molar-refractivity contribution is -0.169. The van der Waals surface area contributed by atoms with E-state index in [4.69, 9.17) is 0 Å². The molecule has 1 saturated heterocycles. The zero-order valence-corrected chi connectivity index (χ0v) is 9.55. The van der Waals surface area contributed by atoms with E-state index in [1.54, 1.807) is 11.8 Å². The summed E-state index contributed by atoms with van der Waals surface area (Å²) in [6, 6.07) is 0. The number of carbonyl (C=O) groups is 1. The number of amides is 1. The van der Waals surface area contributed by atoms with Crippen LogP contribution in [0.1, 0.15) is 19.8 Å². The third-order valence-corrected chi connectivity index (χ3v) is 4.04. The van der Waals surface area contributed by atoms with Gasteiger partial charge in [-0.05, 0) is 25.5 Å². The second-order valence-electron chi connectivity index (χ2n) is 4.01. The molecule has 1 amide bonds. The molecule has 1 rings (SSSR count). The fourth-order valence-electron chi connectivity index (χ4n) is 1.46. The minimum Gasteiger partial charge on any atom is -0.349 e. The molecule has 1 heterocycles. The Bertz CT molecular complexity index is 266. The maximum absolute atomic E-state index is 12.6. The van der Waals surface area contributed by atoms with Crippen molar-refractivity contribution in [3.05, 3.63) is 0 Å². The van der Waals surface area contributed by atoms with E-state index in [0.29, 0.717) is 0 Å². The van der Waals surface area contributed by atoms with Gasteiger partial charge in [0.05, 0.1) is 0 Å². The lowest BCUT2D eigenvalue weighted by atomic mass is 10.1. The first-order valence-electron chi connectivity index (χ1n) is 4.86. The summed E-state index contributed by atoms with van der Waals surface area (Å²) >= 11 is 1.56. The van der Waals surface area contributed by atoms with E-state index in [2.05, 4.69) is 0 Å². The molecule has 16 heavy (non-hydrogen) atoms. The molecular formula is C9H13F4NOS. The van der Waals surface area contributed by atoms with Crippen LogP contribution in [0.25, 0.3) is 0 Å². The first-order valence-corrected chi connectivity index (χ1v) is 5.85. The van der Waals surface area contributed by atoms with Crippen molar-refractivity contribution >= 4 is 17.7 Å². The smallest absolute Gasteiger partial charge is 0.349 e. The van der Waals surface area contributed by atoms with Crippen molar-refractivity contribution in [2.24, 2.45) is 0 Å². The molecule has 0 aromatic carbocycles. The zero-order valence-electron chi connectivity index (χ0n) is 8.73. The number of nitrogens with one attached hydrogen (secondary N) is 1. The number of carbonyl (C=O) groups excluding carboxylic acids is 1. The molecule has 0 radical (unpaired) electrons. The Kier molecular flexibility index (Phi) is 4.09. The van der Waals surface area contributed by atoms with Crippen LogP contribution in [0, 0.1) is 0 Å². The van der Waals surface area contributed by atoms with E-state index < -0.39 is 18.3 Å². The summed E-state index contributed by atoms with van der Waals surface area (Å²) in [6.07, 6.45) is -2.22. The summed E-state index contributed by atoms with van der Waals surface area (Å²) in [4.78, 5) is 10.9. The third-order valence-electron chi connectivity index (χ3n) is 2.50. The van der Waals surface area contributed by atoms with Crippen molar-refractivity contribution in [3.8, 4) is 0 Å². The van der Waals surface area contributed by atoms with Gasteiger partial charge in [0.15, 0.2) is 0 Å². The van der Waals surface area contributed by atoms with Gasteiger partial charge in [-0.3, -0.25) is 4.79 Å². The minimum absolute atomic E-state index is 0.00118. The molecule has 0 aromatic heterocycles. The number of alkyl halides is 4. The van der Waals surface area contributed by atoms with Crippen LogP contribution in [0.3, 0.4) is 0 Å². The average molecular weight is 259 g/mol. The Morgan fingerprint density at radius 3 is 2.62 bits per heavy atom. The molecule has 1 aliphatic rings. The molecule has 0 saturated carbocycles. The Balaban J connectivity index is 2.46. The predicted molar refractivity (Wildman–Crippen MR) is 54.1 cm³/mol. The highest BCUT2D eigenvalue weighted by Crippen LogP contribution is 2.37. The highest BCUT2D eigenvalue weighted by Gasteiger charge is 2.49. The van der Waals surface area contributed by atoms with Gasteiger partial charge in [0.1, 0.15) is 0 Å². The van der Waals surface area contributed by atoms with Crippen molar-refractivity contribution in [2.75, 3.05) is 12.3 Å². The molecule has 0 bridgehead atoms. The van der Waals surface area contributed by atoms with E-state index in [1.807, 2.05) is 12.2 Å². The van der Waals surface area contributed by atoms with Crippen LogP contribution in [-0.4, -0.2) is 35.3 Å². The molecule has 0 aliphatic carbocycles. The van der Waals surface area contributed by atoms with Gasteiger partial charge in [-0.2, -0.15) is 20.5 Å². The normalized spacial score (nSPS) is 26.1.